The van der Waals surface area contributed by atoms with E-state index in [1.807, 2.05) is 4.57 Å². The molecule has 3 aromatic rings. The van der Waals surface area contributed by atoms with Crippen LogP contribution in [0.15, 0.2) is 47.4 Å². The van der Waals surface area contributed by atoms with Gasteiger partial charge in [0.2, 0.25) is 9.75 Å². The molecule has 0 N–H and O–H groups in total. The molecule has 1 aliphatic rings. The van der Waals surface area contributed by atoms with Crippen molar-refractivity contribution in [3.05, 3.63) is 57.1 Å². The number of aromatic nitrogens is 2. The Bertz CT molecular complexity index is 975. The quantitative estimate of drug-likeness (QED) is 0.676. The number of para-hydroxylation sites is 1. The normalized spacial score (nSPS) is 19.9. The lowest BCUT2D eigenvalue weighted by molar-refractivity contribution is -0.747. The third-order valence-electron chi connectivity index (χ3n) is 5.63. The molecule has 25 heavy (non-hydrogen) atoms. The Morgan fingerprint density at radius 2 is 2.16 bits per heavy atom. The minimum Gasteiger partial charge on any atom is -0.823 e. The minimum absolute atomic E-state index is 0.0755. The van der Waals surface area contributed by atoms with Gasteiger partial charge in [0.05, 0.1) is 11.5 Å². The van der Waals surface area contributed by atoms with Gasteiger partial charge >= 0.3 is 0 Å². The van der Waals surface area contributed by atoms with Crippen molar-refractivity contribution in [1.29, 1.82) is 0 Å². The minimum atomic E-state index is -0.136. The second-order valence-electron chi connectivity index (χ2n) is 6.92. The molecule has 0 radical (unpaired) electrons. The first-order valence-corrected chi connectivity index (χ1v) is 9.74. The zero-order chi connectivity index (χ0) is 17.4. The van der Waals surface area contributed by atoms with E-state index in [0.717, 1.165) is 43.8 Å². The molecule has 2 aromatic heterocycles. The number of hydrogen-bond acceptors (Lipinski definition) is 3. The third-order valence-corrected chi connectivity index (χ3v) is 6.79. The Morgan fingerprint density at radius 3 is 3.00 bits per heavy atom. The highest BCUT2D eigenvalue weighted by Gasteiger charge is 2.42. The van der Waals surface area contributed by atoms with Gasteiger partial charge in [0, 0.05) is 24.7 Å². The molecular weight excluding hydrogens is 332 g/mol. The molecule has 1 aromatic carbocycles. The molecule has 130 valence electrons. The predicted molar refractivity (Wildman–Crippen MR) is 98.0 cm³/mol. The average molecular weight is 354 g/mol. The van der Waals surface area contributed by atoms with Crippen molar-refractivity contribution in [3.63, 3.8) is 0 Å². The van der Waals surface area contributed by atoms with Crippen LogP contribution in [-0.2, 0) is 18.5 Å². The summed E-state index contributed by atoms with van der Waals surface area (Å²) in [6, 6.07) is 11.8. The number of nitrogens with zero attached hydrogens (tertiary/aromatic N) is 2. The molecule has 0 saturated heterocycles. The first-order valence-electron chi connectivity index (χ1n) is 8.92. The number of hydrogen-bond donors (Lipinski definition) is 0. The van der Waals surface area contributed by atoms with Gasteiger partial charge in [-0.05, 0) is 48.1 Å². The maximum Gasteiger partial charge on any atom is 0.246 e. The SMILES string of the molecule is CCC1(CCn2ccc3ccccc32)CCC[n+]2c([O-])cc(=O)sc21. The van der Waals surface area contributed by atoms with Gasteiger partial charge in [-0.1, -0.05) is 25.1 Å². The Balaban J connectivity index is 1.70. The molecule has 4 rings (SSSR count). The molecule has 0 aliphatic carbocycles. The average Bonchev–Trinajstić information content (AvgIpc) is 3.03. The van der Waals surface area contributed by atoms with Gasteiger partial charge in [0.15, 0.2) is 5.88 Å². The standard InChI is InChI=1S/C20H22N2O2S/c1-2-20(9-5-11-22-17(23)14-18(24)25-19(20)22)10-13-21-12-8-15-6-3-4-7-16(15)21/h3-4,6-8,12,14H,2,5,9-11,13H2,1H3. The molecule has 3 heterocycles. The zero-order valence-corrected chi connectivity index (χ0v) is 15.2. The molecule has 1 unspecified atom stereocenters. The predicted octanol–water partition coefficient (Wildman–Crippen LogP) is 2.96. The van der Waals surface area contributed by atoms with Gasteiger partial charge in [-0.15, -0.1) is 0 Å². The van der Waals surface area contributed by atoms with Gasteiger partial charge in [0.1, 0.15) is 6.54 Å². The van der Waals surface area contributed by atoms with Crippen LogP contribution in [0.1, 0.15) is 37.6 Å². The van der Waals surface area contributed by atoms with Gasteiger partial charge in [-0.3, -0.25) is 4.79 Å². The fourth-order valence-electron chi connectivity index (χ4n) is 4.15. The van der Waals surface area contributed by atoms with Crippen molar-refractivity contribution in [1.82, 2.24) is 4.57 Å². The van der Waals surface area contributed by atoms with Crippen LogP contribution in [0.3, 0.4) is 0 Å². The van der Waals surface area contributed by atoms with E-state index in [0.29, 0.717) is 0 Å². The Kier molecular flexibility index (Phi) is 4.12. The first-order chi connectivity index (χ1) is 12.1. The van der Waals surface area contributed by atoms with Crippen LogP contribution in [0.25, 0.3) is 10.9 Å². The topological polar surface area (TPSA) is 48.9 Å². The number of aryl methyl sites for hydroxylation is 1. The van der Waals surface area contributed by atoms with E-state index in [2.05, 4.69) is 48.0 Å². The molecule has 1 atom stereocenters. The van der Waals surface area contributed by atoms with Gasteiger partial charge < -0.3 is 9.67 Å². The summed E-state index contributed by atoms with van der Waals surface area (Å²) in [5, 5.41) is 14.5. The monoisotopic (exact) mass is 354 g/mol. The summed E-state index contributed by atoms with van der Waals surface area (Å²) in [6.07, 6.45) is 6.07. The van der Waals surface area contributed by atoms with Crippen LogP contribution < -0.4 is 14.4 Å². The van der Waals surface area contributed by atoms with Crippen molar-refractivity contribution in [2.45, 2.75) is 51.1 Å². The molecule has 0 bridgehead atoms. The molecule has 5 heteroatoms. The summed E-state index contributed by atoms with van der Waals surface area (Å²) in [4.78, 5) is 12.0. The summed E-state index contributed by atoms with van der Waals surface area (Å²) < 4.78 is 4.00. The fourth-order valence-corrected chi connectivity index (χ4v) is 5.36. The summed E-state index contributed by atoms with van der Waals surface area (Å²) in [5.41, 5.74) is 1.16. The van der Waals surface area contributed by atoms with Crippen LogP contribution in [0, 0.1) is 0 Å². The number of fused-ring (bicyclic) bond motifs is 2. The second kappa shape index (κ2) is 6.30. The van der Waals surface area contributed by atoms with Gasteiger partial charge in [-0.25, -0.2) is 0 Å². The maximum absolute atomic E-state index is 12.3. The lowest BCUT2D eigenvalue weighted by atomic mass is 9.76. The van der Waals surface area contributed by atoms with Crippen LogP contribution >= 0.6 is 11.3 Å². The molecule has 4 nitrogen and oxygen atoms in total. The zero-order valence-electron chi connectivity index (χ0n) is 14.4. The van der Waals surface area contributed by atoms with E-state index in [1.165, 1.54) is 28.3 Å². The molecule has 0 fully saturated rings. The molecule has 1 aliphatic heterocycles. The van der Waals surface area contributed by atoms with Crippen LogP contribution in [0.5, 0.6) is 5.88 Å². The molecule has 0 amide bonds. The van der Waals surface area contributed by atoms with Crippen molar-refractivity contribution in [2.75, 3.05) is 0 Å². The maximum atomic E-state index is 12.3. The van der Waals surface area contributed by atoms with Crippen LogP contribution in [0.2, 0.25) is 0 Å². The lowest BCUT2D eigenvalue weighted by Gasteiger charge is -2.34. The summed E-state index contributed by atoms with van der Waals surface area (Å²) >= 11 is 1.26. The lowest BCUT2D eigenvalue weighted by Crippen LogP contribution is -2.52. The van der Waals surface area contributed by atoms with Gasteiger partial charge in [0.25, 0.3) is 0 Å². The molecule has 0 saturated carbocycles. The third kappa shape index (κ3) is 2.76. The Hall–Kier alpha value is -2.14. The smallest absolute Gasteiger partial charge is 0.246 e. The largest absolute Gasteiger partial charge is 0.823 e. The van der Waals surface area contributed by atoms with Crippen LogP contribution in [0.4, 0.5) is 0 Å². The van der Waals surface area contributed by atoms with Crippen LogP contribution in [-0.4, -0.2) is 4.57 Å². The van der Waals surface area contributed by atoms with Crippen molar-refractivity contribution in [2.24, 2.45) is 0 Å². The molecular formula is C20H22N2O2S. The van der Waals surface area contributed by atoms with Gasteiger partial charge in [-0.2, -0.15) is 4.57 Å². The van der Waals surface area contributed by atoms with E-state index in [4.69, 9.17) is 0 Å². The first kappa shape index (κ1) is 16.3. The summed E-state index contributed by atoms with van der Waals surface area (Å²) in [5.74, 6) is -0.136. The van der Waals surface area contributed by atoms with E-state index >= 15 is 0 Å². The van der Waals surface area contributed by atoms with Crippen molar-refractivity contribution < 1.29 is 9.67 Å². The van der Waals surface area contributed by atoms with Crippen molar-refractivity contribution >= 4 is 22.2 Å². The van der Waals surface area contributed by atoms with Crippen molar-refractivity contribution in [3.8, 4) is 5.88 Å². The van der Waals surface area contributed by atoms with E-state index < -0.39 is 0 Å². The summed E-state index contributed by atoms with van der Waals surface area (Å²) in [6.45, 7) is 3.81. The Labute approximate surface area is 151 Å². The van der Waals surface area contributed by atoms with E-state index in [1.54, 1.807) is 0 Å². The number of rotatable bonds is 4. The van der Waals surface area contributed by atoms with E-state index in [-0.39, 0.29) is 16.0 Å². The number of benzene rings is 1. The highest BCUT2D eigenvalue weighted by molar-refractivity contribution is 7.08. The fraction of sp³-hybridized carbons (Fsp3) is 0.400. The second-order valence-corrected chi connectivity index (χ2v) is 7.91. The highest BCUT2D eigenvalue weighted by Crippen LogP contribution is 2.39. The van der Waals surface area contributed by atoms with E-state index in [9.17, 15) is 9.90 Å². The Morgan fingerprint density at radius 1 is 1.32 bits per heavy atom. The summed E-state index contributed by atoms with van der Waals surface area (Å²) in [7, 11) is 0. The molecule has 0 spiro atoms. The highest BCUT2D eigenvalue weighted by atomic mass is 32.1.